The summed E-state index contributed by atoms with van der Waals surface area (Å²) in [5.74, 6) is 0. The fraction of sp³-hybridized carbons (Fsp3) is 0. The standard InChI is InChI=1S/C21H14N4O/c1-2-4-16(5-3-1)24-21-25-19-13-15(7-9-20(19)26-21)14-6-8-17-18(12-14)23-11-10-22-17/h1-13H,(H,24,25). The monoisotopic (exact) mass is 338 g/mol. The van der Waals surface area contributed by atoms with Gasteiger partial charge in [0.2, 0.25) is 0 Å². The molecule has 0 radical (unpaired) electrons. The van der Waals surface area contributed by atoms with Crippen LogP contribution in [0.25, 0.3) is 33.3 Å². The largest absolute Gasteiger partial charge is 0.423 e. The summed E-state index contributed by atoms with van der Waals surface area (Å²) in [5, 5.41) is 3.18. The number of anilines is 2. The number of oxazole rings is 1. The van der Waals surface area contributed by atoms with E-state index in [-0.39, 0.29) is 0 Å². The summed E-state index contributed by atoms with van der Waals surface area (Å²) in [6, 6.07) is 22.4. The van der Waals surface area contributed by atoms with E-state index in [0.717, 1.165) is 38.9 Å². The lowest BCUT2D eigenvalue weighted by molar-refractivity contribution is 0.623. The molecule has 0 fully saturated rings. The van der Waals surface area contributed by atoms with E-state index in [9.17, 15) is 0 Å². The van der Waals surface area contributed by atoms with Crippen LogP contribution >= 0.6 is 0 Å². The van der Waals surface area contributed by atoms with E-state index in [2.05, 4.69) is 20.3 Å². The molecule has 26 heavy (non-hydrogen) atoms. The van der Waals surface area contributed by atoms with Crippen LogP contribution < -0.4 is 5.32 Å². The molecule has 5 nitrogen and oxygen atoms in total. The van der Waals surface area contributed by atoms with Crippen molar-refractivity contribution in [3.8, 4) is 11.1 Å². The van der Waals surface area contributed by atoms with Gasteiger partial charge in [-0.3, -0.25) is 9.97 Å². The van der Waals surface area contributed by atoms with Gasteiger partial charge in [-0.15, -0.1) is 0 Å². The Morgan fingerprint density at radius 3 is 2.27 bits per heavy atom. The maximum atomic E-state index is 5.79. The quantitative estimate of drug-likeness (QED) is 0.491. The van der Waals surface area contributed by atoms with Crippen molar-refractivity contribution in [2.24, 2.45) is 0 Å². The summed E-state index contributed by atoms with van der Waals surface area (Å²) >= 11 is 0. The fourth-order valence-corrected chi connectivity index (χ4v) is 2.95. The molecule has 0 unspecified atom stereocenters. The van der Waals surface area contributed by atoms with E-state index in [1.54, 1.807) is 12.4 Å². The predicted octanol–water partition coefficient (Wildman–Crippen LogP) is 5.18. The minimum absolute atomic E-state index is 0.479. The molecule has 5 aromatic rings. The van der Waals surface area contributed by atoms with Crippen molar-refractivity contribution in [3.63, 3.8) is 0 Å². The zero-order chi connectivity index (χ0) is 17.3. The number of hydrogen-bond donors (Lipinski definition) is 1. The van der Waals surface area contributed by atoms with Gasteiger partial charge in [-0.05, 0) is 47.5 Å². The molecule has 0 aliphatic carbocycles. The minimum atomic E-state index is 0.479. The van der Waals surface area contributed by atoms with Crippen LogP contribution in [0, 0.1) is 0 Å². The minimum Gasteiger partial charge on any atom is -0.423 e. The molecule has 124 valence electrons. The lowest BCUT2D eigenvalue weighted by Crippen LogP contribution is -1.88. The third kappa shape index (κ3) is 2.65. The first-order valence-corrected chi connectivity index (χ1v) is 8.29. The number of nitrogens with zero attached hydrogens (tertiary/aromatic N) is 3. The van der Waals surface area contributed by atoms with Crippen molar-refractivity contribution in [3.05, 3.63) is 79.1 Å². The van der Waals surface area contributed by atoms with Crippen molar-refractivity contribution in [2.45, 2.75) is 0 Å². The molecule has 0 amide bonds. The van der Waals surface area contributed by atoms with E-state index in [0.29, 0.717) is 6.01 Å². The molecule has 0 saturated heterocycles. The lowest BCUT2D eigenvalue weighted by Gasteiger charge is -2.02. The zero-order valence-corrected chi connectivity index (χ0v) is 13.8. The first-order valence-electron chi connectivity index (χ1n) is 8.29. The maximum absolute atomic E-state index is 5.79. The summed E-state index contributed by atoms with van der Waals surface area (Å²) in [5.41, 5.74) is 6.37. The van der Waals surface area contributed by atoms with E-state index in [4.69, 9.17) is 4.42 Å². The van der Waals surface area contributed by atoms with E-state index in [1.807, 2.05) is 66.7 Å². The average molecular weight is 338 g/mol. The van der Waals surface area contributed by atoms with Gasteiger partial charge in [-0.1, -0.05) is 30.3 Å². The third-order valence-corrected chi connectivity index (χ3v) is 4.22. The number of rotatable bonds is 3. The van der Waals surface area contributed by atoms with Crippen LogP contribution in [0.5, 0.6) is 0 Å². The second-order valence-electron chi connectivity index (χ2n) is 5.95. The molecule has 2 aromatic heterocycles. The molecular formula is C21H14N4O. The third-order valence-electron chi connectivity index (χ3n) is 4.22. The van der Waals surface area contributed by atoms with E-state index >= 15 is 0 Å². The topological polar surface area (TPSA) is 63.8 Å². The smallest absolute Gasteiger partial charge is 0.300 e. The van der Waals surface area contributed by atoms with E-state index in [1.165, 1.54) is 0 Å². The van der Waals surface area contributed by atoms with Crippen LogP contribution in [0.4, 0.5) is 11.7 Å². The summed E-state index contributed by atoms with van der Waals surface area (Å²) in [6.45, 7) is 0. The van der Waals surface area contributed by atoms with Gasteiger partial charge in [0.1, 0.15) is 5.52 Å². The number of fused-ring (bicyclic) bond motifs is 2. The highest BCUT2D eigenvalue weighted by Gasteiger charge is 2.08. The Morgan fingerprint density at radius 2 is 1.42 bits per heavy atom. The predicted molar refractivity (Wildman–Crippen MR) is 102 cm³/mol. The highest BCUT2D eigenvalue weighted by molar-refractivity contribution is 5.85. The Balaban J connectivity index is 1.52. The fourth-order valence-electron chi connectivity index (χ4n) is 2.95. The molecular weight excluding hydrogens is 324 g/mol. The number of benzene rings is 3. The Bertz CT molecular complexity index is 1210. The van der Waals surface area contributed by atoms with Crippen LogP contribution in [0.3, 0.4) is 0 Å². The number of aromatic nitrogens is 3. The van der Waals surface area contributed by atoms with Gasteiger partial charge in [0.25, 0.3) is 6.01 Å². The highest BCUT2D eigenvalue weighted by Crippen LogP contribution is 2.28. The highest BCUT2D eigenvalue weighted by atomic mass is 16.4. The van der Waals surface area contributed by atoms with Gasteiger partial charge < -0.3 is 9.73 Å². The molecule has 0 bridgehead atoms. The summed E-state index contributed by atoms with van der Waals surface area (Å²) < 4.78 is 5.79. The lowest BCUT2D eigenvalue weighted by atomic mass is 10.0. The van der Waals surface area contributed by atoms with Crippen LogP contribution in [0.2, 0.25) is 0 Å². The van der Waals surface area contributed by atoms with Crippen molar-refractivity contribution < 1.29 is 4.42 Å². The molecule has 5 heteroatoms. The molecule has 2 heterocycles. The Labute approximate surface area is 149 Å². The number of hydrogen-bond acceptors (Lipinski definition) is 5. The van der Waals surface area contributed by atoms with Crippen LogP contribution in [-0.2, 0) is 0 Å². The molecule has 3 aromatic carbocycles. The molecule has 0 spiro atoms. The van der Waals surface area contributed by atoms with Gasteiger partial charge in [0.05, 0.1) is 11.0 Å². The molecule has 5 rings (SSSR count). The van der Waals surface area contributed by atoms with Gasteiger partial charge in [-0.25, -0.2) is 0 Å². The first kappa shape index (κ1) is 14.6. The second kappa shape index (κ2) is 5.97. The van der Waals surface area contributed by atoms with Gasteiger partial charge in [-0.2, -0.15) is 4.98 Å². The Kier molecular flexibility index (Phi) is 3.35. The number of para-hydroxylation sites is 1. The number of nitrogens with one attached hydrogen (secondary N) is 1. The van der Waals surface area contributed by atoms with Crippen molar-refractivity contribution >= 4 is 33.8 Å². The molecule has 0 saturated carbocycles. The van der Waals surface area contributed by atoms with Gasteiger partial charge >= 0.3 is 0 Å². The van der Waals surface area contributed by atoms with Crippen molar-refractivity contribution in [2.75, 3.05) is 5.32 Å². The Hall–Kier alpha value is -3.73. The van der Waals surface area contributed by atoms with E-state index < -0.39 is 0 Å². The van der Waals surface area contributed by atoms with Gasteiger partial charge in [0.15, 0.2) is 5.58 Å². The summed E-state index contributed by atoms with van der Waals surface area (Å²) in [4.78, 5) is 13.2. The van der Waals surface area contributed by atoms with Crippen LogP contribution in [0.15, 0.2) is 83.5 Å². The molecule has 0 aliphatic heterocycles. The Morgan fingerprint density at radius 1 is 0.692 bits per heavy atom. The normalized spacial score (nSPS) is 11.1. The molecule has 1 N–H and O–H groups in total. The van der Waals surface area contributed by atoms with Crippen LogP contribution in [0.1, 0.15) is 0 Å². The second-order valence-corrected chi connectivity index (χ2v) is 5.95. The summed E-state index contributed by atoms with van der Waals surface area (Å²) in [7, 11) is 0. The average Bonchev–Trinajstić information content (AvgIpc) is 3.09. The van der Waals surface area contributed by atoms with Gasteiger partial charge in [0, 0.05) is 18.1 Å². The first-order chi connectivity index (χ1) is 12.8. The molecule has 0 atom stereocenters. The SMILES string of the molecule is c1ccc(Nc2nc3cc(-c4ccc5nccnc5c4)ccc3o2)cc1. The van der Waals surface area contributed by atoms with Crippen molar-refractivity contribution in [1.82, 2.24) is 15.0 Å². The van der Waals surface area contributed by atoms with Crippen LogP contribution in [-0.4, -0.2) is 15.0 Å². The van der Waals surface area contributed by atoms with Crippen molar-refractivity contribution in [1.29, 1.82) is 0 Å². The zero-order valence-electron chi connectivity index (χ0n) is 13.8. The molecule has 0 aliphatic rings. The maximum Gasteiger partial charge on any atom is 0.300 e. The summed E-state index contributed by atoms with van der Waals surface area (Å²) in [6.07, 6.45) is 3.40.